The zero-order chi connectivity index (χ0) is 17.9. The van der Waals surface area contributed by atoms with Crippen LogP contribution in [0.25, 0.3) is 11.1 Å². The lowest BCUT2D eigenvalue weighted by molar-refractivity contribution is -0.497. The first-order chi connectivity index (χ1) is 11.3. The number of ether oxygens (including phenoxy) is 1. The second kappa shape index (κ2) is 7.02. The number of methoxy groups -OCH3 is 1. The minimum Gasteiger partial charge on any atom is -0.496 e. The molecule has 0 radical (unpaired) electrons. The number of sulfone groups is 1. The molecule has 0 N–H and O–H groups in total. The van der Waals surface area contributed by atoms with Crippen LogP contribution in [0.15, 0.2) is 53.3 Å². The normalized spacial score (nSPS) is 11.1. The highest BCUT2D eigenvalue weighted by Crippen LogP contribution is 2.40. The number of hydrogen-bond acceptors (Lipinski definition) is 5. The van der Waals surface area contributed by atoms with Crippen LogP contribution in [0.2, 0.25) is 5.02 Å². The second-order valence-electron chi connectivity index (χ2n) is 4.80. The maximum absolute atomic E-state index is 12.3. The molecule has 0 saturated carbocycles. The lowest BCUT2D eigenvalue weighted by Crippen LogP contribution is -2.09. The molecule has 0 aliphatic heterocycles. The van der Waals surface area contributed by atoms with E-state index in [1.807, 2.05) is 0 Å². The van der Waals surface area contributed by atoms with Gasteiger partial charge in [0.2, 0.25) is 6.54 Å². The summed E-state index contributed by atoms with van der Waals surface area (Å²) in [6.07, 6.45) is 0. The molecular formula is C16H14ClNO5S. The van der Waals surface area contributed by atoms with Crippen molar-refractivity contribution in [2.75, 3.05) is 7.11 Å². The summed E-state index contributed by atoms with van der Waals surface area (Å²) in [4.78, 5) is 10.3. The topological polar surface area (TPSA) is 86.5 Å². The fraction of sp³-hybridized carbons (Fsp3) is 0.125. The standard InChI is InChI=1S/C16H14ClNO5S/c1-3-24(21,22)15-9-8-14(23-2)16(12(15)10-18(19)20)11-6-4-5-7-13(11)17/h3-9H,1,10H2,2H3. The fourth-order valence-corrected chi connectivity index (χ4v) is 3.56. The fourth-order valence-electron chi connectivity index (χ4n) is 2.38. The lowest BCUT2D eigenvalue weighted by Gasteiger charge is -2.16. The Kier molecular flexibility index (Phi) is 5.26. The summed E-state index contributed by atoms with van der Waals surface area (Å²) >= 11 is 6.20. The van der Waals surface area contributed by atoms with Crippen molar-refractivity contribution >= 4 is 21.4 Å². The van der Waals surface area contributed by atoms with Gasteiger partial charge in [-0.2, -0.15) is 0 Å². The Morgan fingerprint density at radius 3 is 2.50 bits per heavy atom. The van der Waals surface area contributed by atoms with Crippen LogP contribution >= 0.6 is 11.6 Å². The molecule has 2 aromatic carbocycles. The first-order valence-electron chi connectivity index (χ1n) is 6.76. The van der Waals surface area contributed by atoms with Gasteiger partial charge in [0.1, 0.15) is 5.75 Å². The van der Waals surface area contributed by atoms with Crippen LogP contribution < -0.4 is 4.74 Å². The molecular weight excluding hydrogens is 354 g/mol. The molecule has 0 saturated heterocycles. The van der Waals surface area contributed by atoms with E-state index in [0.717, 1.165) is 5.41 Å². The second-order valence-corrected chi connectivity index (χ2v) is 7.07. The molecule has 0 bridgehead atoms. The van der Waals surface area contributed by atoms with E-state index in [1.165, 1.54) is 19.2 Å². The predicted molar refractivity (Wildman–Crippen MR) is 91.5 cm³/mol. The van der Waals surface area contributed by atoms with Crippen molar-refractivity contribution in [3.8, 4) is 16.9 Å². The quantitative estimate of drug-likeness (QED) is 0.573. The number of benzene rings is 2. The van der Waals surface area contributed by atoms with E-state index in [2.05, 4.69) is 6.58 Å². The molecule has 0 aliphatic carbocycles. The van der Waals surface area contributed by atoms with Gasteiger partial charge in [0.25, 0.3) is 0 Å². The highest BCUT2D eigenvalue weighted by atomic mass is 35.5. The Morgan fingerprint density at radius 1 is 1.29 bits per heavy atom. The van der Waals surface area contributed by atoms with Gasteiger partial charge in [-0.05, 0) is 18.2 Å². The molecule has 0 heterocycles. The number of nitrogens with zero attached hydrogens (tertiary/aromatic N) is 1. The minimum atomic E-state index is -3.88. The predicted octanol–water partition coefficient (Wildman–Crippen LogP) is 3.71. The summed E-state index contributed by atoms with van der Waals surface area (Å²) < 4.78 is 29.8. The van der Waals surface area contributed by atoms with Gasteiger partial charge in [0, 0.05) is 26.5 Å². The monoisotopic (exact) mass is 367 g/mol. The van der Waals surface area contributed by atoms with Gasteiger partial charge in [-0.1, -0.05) is 36.4 Å². The smallest absolute Gasteiger partial charge is 0.230 e. The molecule has 0 fully saturated rings. The van der Waals surface area contributed by atoms with Crippen LogP contribution in [-0.2, 0) is 16.4 Å². The third kappa shape index (κ3) is 3.42. The Labute approximate surface area is 144 Å². The van der Waals surface area contributed by atoms with Crippen LogP contribution in [0.4, 0.5) is 0 Å². The van der Waals surface area contributed by atoms with Gasteiger partial charge in [-0.3, -0.25) is 10.1 Å². The van der Waals surface area contributed by atoms with E-state index in [9.17, 15) is 18.5 Å². The van der Waals surface area contributed by atoms with Crippen molar-refractivity contribution in [3.63, 3.8) is 0 Å². The molecule has 0 atom stereocenters. The van der Waals surface area contributed by atoms with Crippen molar-refractivity contribution in [1.82, 2.24) is 0 Å². The number of rotatable bonds is 6. The maximum Gasteiger partial charge on any atom is 0.230 e. The van der Waals surface area contributed by atoms with Gasteiger partial charge in [-0.15, -0.1) is 0 Å². The van der Waals surface area contributed by atoms with Crippen molar-refractivity contribution in [3.05, 3.63) is 69.1 Å². The van der Waals surface area contributed by atoms with Crippen molar-refractivity contribution in [1.29, 1.82) is 0 Å². The molecule has 6 nitrogen and oxygen atoms in total. The maximum atomic E-state index is 12.3. The third-order valence-corrected chi connectivity index (χ3v) is 5.17. The van der Waals surface area contributed by atoms with E-state index < -0.39 is 21.3 Å². The van der Waals surface area contributed by atoms with Crippen molar-refractivity contribution in [2.45, 2.75) is 11.4 Å². The highest BCUT2D eigenvalue weighted by molar-refractivity contribution is 7.94. The molecule has 0 amide bonds. The Hall–Kier alpha value is -2.38. The molecule has 126 valence electrons. The summed E-state index contributed by atoms with van der Waals surface area (Å²) in [5.74, 6) is 0.294. The third-order valence-electron chi connectivity index (χ3n) is 3.41. The summed E-state index contributed by atoms with van der Waals surface area (Å²) in [7, 11) is -2.49. The Balaban J connectivity index is 2.94. The Bertz CT molecular complexity index is 909. The van der Waals surface area contributed by atoms with Crippen LogP contribution in [0.5, 0.6) is 5.75 Å². The molecule has 0 spiro atoms. The zero-order valence-corrected chi connectivity index (χ0v) is 14.3. The summed E-state index contributed by atoms with van der Waals surface area (Å²) in [5, 5.41) is 12.2. The van der Waals surface area contributed by atoms with Crippen molar-refractivity contribution in [2.24, 2.45) is 0 Å². The van der Waals surface area contributed by atoms with E-state index >= 15 is 0 Å². The summed E-state index contributed by atoms with van der Waals surface area (Å²) in [6, 6.07) is 9.38. The number of nitro groups is 1. The van der Waals surface area contributed by atoms with Crippen LogP contribution in [0.1, 0.15) is 5.56 Å². The molecule has 0 unspecified atom stereocenters. The first kappa shape index (κ1) is 18.0. The molecule has 2 rings (SSSR count). The molecule has 0 aliphatic rings. The number of halogens is 1. The molecule has 8 heteroatoms. The number of hydrogen-bond donors (Lipinski definition) is 0. The lowest BCUT2D eigenvalue weighted by atomic mass is 9.98. The van der Waals surface area contributed by atoms with E-state index in [0.29, 0.717) is 16.3 Å². The van der Waals surface area contributed by atoms with E-state index in [4.69, 9.17) is 16.3 Å². The average Bonchev–Trinajstić information content (AvgIpc) is 2.54. The van der Waals surface area contributed by atoms with Gasteiger partial charge in [0.15, 0.2) is 9.84 Å². The summed E-state index contributed by atoms with van der Waals surface area (Å²) in [5.41, 5.74) is 0.740. The minimum absolute atomic E-state index is 0.00681. The Morgan fingerprint density at radius 2 is 1.96 bits per heavy atom. The van der Waals surface area contributed by atoms with E-state index in [-0.39, 0.29) is 16.0 Å². The highest BCUT2D eigenvalue weighted by Gasteiger charge is 2.26. The van der Waals surface area contributed by atoms with E-state index in [1.54, 1.807) is 24.3 Å². The zero-order valence-electron chi connectivity index (χ0n) is 12.7. The van der Waals surface area contributed by atoms with Crippen molar-refractivity contribution < 1.29 is 18.1 Å². The van der Waals surface area contributed by atoms with Crippen LogP contribution in [0.3, 0.4) is 0 Å². The molecule has 24 heavy (non-hydrogen) atoms. The first-order valence-corrected chi connectivity index (χ1v) is 8.68. The molecule has 0 aromatic heterocycles. The van der Waals surface area contributed by atoms with Gasteiger partial charge < -0.3 is 4.74 Å². The van der Waals surface area contributed by atoms with Gasteiger partial charge in [-0.25, -0.2) is 8.42 Å². The molecule has 2 aromatic rings. The SMILES string of the molecule is C=CS(=O)(=O)c1ccc(OC)c(-c2ccccc2Cl)c1C[N+](=O)[O-]. The van der Waals surface area contributed by atoms with Gasteiger partial charge >= 0.3 is 0 Å². The summed E-state index contributed by atoms with van der Waals surface area (Å²) in [6.45, 7) is 2.58. The largest absolute Gasteiger partial charge is 0.496 e. The average molecular weight is 368 g/mol. The van der Waals surface area contributed by atoms with Crippen LogP contribution in [-0.4, -0.2) is 20.5 Å². The van der Waals surface area contributed by atoms with Crippen LogP contribution in [0, 0.1) is 10.1 Å². The van der Waals surface area contributed by atoms with Gasteiger partial charge in [0.05, 0.1) is 17.6 Å².